The summed E-state index contributed by atoms with van der Waals surface area (Å²) in [7, 11) is 4.40. The monoisotopic (exact) mass is 460 g/mol. The van der Waals surface area contributed by atoms with Gasteiger partial charge in [-0.3, -0.25) is 24.2 Å². The van der Waals surface area contributed by atoms with Gasteiger partial charge in [-0.25, -0.2) is 0 Å². The van der Waals surface area contributed by atoms with Gasteiger partial charge in [-0.05, 0) is 43.3 Å². The predicted octanol–water partition coefficient (Wildman–Crippen LogP) is 3.92. The first-order valence-corrected chi connectivity index (χ1v) is 10.5. The number of nitrogens with zero attached hydrogens (tertiary/aromatic N) is 2. The van der Waals surface area contributed by atoms with Crippen LogP contribution in [0.4, 0.5) is 5.69 Å². The van der Waals surface area contributed by atoms with Crippen molar-refractivity contribution in [3.8, 4) is 17.2 Å². The van der Waals surface area contributed by atoms with Crippen LogP contribution in [-0.2, 0) is 0 Å². The molecule has 3 amide bonds. The van der Waals surface area contributed by atoms with Gasteiger partial charge in [-0.1, -0.05) is 29.8 Å². The van der Waals surface area contributed by atoms with Crippen LogP contribution >= 0.6 is 0 Å². The molecular formula is C26H24N2O6. The number of hydrogen-bond donors (Lipinski definition) is 0. The molecule has 4 rings (SSSR count). The highest BCUT2D eigenvalue weighted by Crippen LogP contribution is 2.39. The van der Waals surface area contributed by atoms with Crippen molar-refractivity contribution in [2.75, 3.05) is 32.9 Å². The molecule has 0 radical (unpaired) electrons. The Balaban J connectivity index is 1.76. The second-order valence-electron chi connectivity index (χ2n) is 7.71. The molecule has 0 aliphatic carbocycles. The third-order valence-electron chi connectivity index (χ3n) is 5.66. The van der Waals surface area contributed by atoms with Crippen LogP contribution in [0.15, 0.2) is 60.7 Å². The number of imide groups is 1. The Bertz CT molecular complexity index is 1210. The lowest BCUT2D eigenvalue weighted by atomic mass is 10.1. The second kappa shape index (κ2) is 9.27. The molecule has 174 valence electrons. The van der Waals surface area contributed by atoms with Crippen LogP contribution in [0.5, 0.6) is 17.2 Å². The summed E-state index contributed by atoms with van der Waals surface area (Å²) < 4.78 is 16.1. The Morgan fingerprint density at radius 1 is 0.824 bits per heavy atom. The first kappa shape index (κ1) is 22.8. The predicted molar refractivity (Wildman–Crippen MR) is 126 cm³/mol. The molecule has 34 heavy (non-hydrogen) atoms. The lowest BCUT2D eigenvalue weighted by molar-refractivity contribution is 0.0650. The minimum atomic E-state index is -0.449. The van der Waals surface area contributed by atoms with Gasteiger partial charge in [-0.2, -0.15) is 0 Å². The topological polar surface area (TPSA) is 85.4 Å². The summed E-state index contributed by atoms with van der Waals surface area (Å²) in [5.74, 6) is -0.362. The number of benzene rings is 3. The fourth-order valence-corrected chi connectivity index (χ4v) is 3.86. The lowest BCUT2D eigenvalue weighted by Gasteiger charge is -2.27. The summed E-state index contributed by atoms with van der Waals surface area (Å²) in [6, 6.07) is 16.9. The average Bonchev–Trinajstić information content (AvgIpc) is 3.11. The molecule has 3 aromatic carbocycles. The molecule has 0 N–H and O–H groups in total. The van der Waals surface area contributed by atoms with Gasteiger partial charge < -0.3 is 14.2 Å². The van der Waals surface area contributed by atoms with Gasteiger partial charge in [0.2, 0.25) is 5.75 Å². The van der Waals surface area contributed by atoms with E-state index in [0.29, 0.717) is 34.1 Å². The zero-order valence-electron chi connectivity index (χ0n) is 19.3. The number of carbonyl (C=O) groups is 3. The molecule has 0 saturated heterocycles. The molecular weight excluding hydrogens is 436 g/mol. The van der Waals surface area contributed by atoms with Gasteiger partial charge in [0.15, 0.2) is 11.5 Å². The van der Waals surface area contributed by atoms with Crippen LogP contribution in [0, 0.1) is 6.92 Å². The Kier molecular flexibility index (Phi) is 6.23. The van der Waals surface area contributed by atoms with Crippen molar-refractivity contribution in [1.82, 2.24) is 4.90 Å². The molecule has 0 atom stereocenters. The van der Waals surface area contributed by atoms with E-state index in [9.17, 15) is 14.4 Å². The molecule has 8 heteroatoms. The van der Waals surface area contributed by atoms with Gasteiger partial charge in [0.05, 0.1) is 32.5 Å². The smallest absolute Gasteiger partial charge is 0.263 e. The highest BCUT2D eigenvalue weighted by molar-refractivity contribution is 6.22. The fourth-order valence-electron chi connectivity index (χ4n) is 3.86. The van der Waals surface area contributed by atoms with Crippen molar-refractivity contribution in [1.29, 1.82) is 0 Å². The maximum absolute atomic E-state index is 13.8. The summed E-state index contributed by atoms with van der Waals surface area (Å²) in [5, 5.41) is 0. The molecule has 1 aliphatic rings. The van der Waals surface area contributed by atoms with Gasteiger partial charge in [-0.15, -0.1) is 0 Å². The maximum atomic E-state index is 13.8. The van der Waals surface area contributed by atoms with Crippen LogP contribution in [0.3, 0.4) is 0 Å². The van der Waals surface area contributed by atoms with E-state index in [0.717, 1.165) is 10.5 Å². The van der Waals surface area contributed by atoms with Crippen LogP contribution in [0.25, 0.3) is 0 Å². The Hall–Kier alpha value is -4.33. The number of carbonyl (C=O) groups excluding carboxylic acids is 3. The zero-order valence-corrected chi connectivity index (χ0v) is 19.3. The molecule has 1 aliphatic heterocycles. The highest BCUT2D eigenvalue weighted by Gasteiger charge is 2.37. The highest BCUT2D eigenvalue weighted by atomic mass is 16.5. The van der Waals surface area contributed by atoms with Gasteiger partial charge in [0.25, 0.3) is 17.7 Å². The number of ether oxygens (including phenoxy) is 3. The third-order valence-corrected chi connectivity index (χ3v) is 5.66. The van der Waals surface area contributed by atoms with E-state index >= 15 is 0 Å². The molecule has 0 aromatic heterocycles. The Labute approximate surface area is 197 Å². The number of amides is 3. The minimum absolute atomic E-state index is 0.242. The number of methoxy groups -OCH3 is 3. The van der Waals surface area contributed by atoms with Crippen LogP contribution in [-0.4, -0.2) is 50.6 Å². The van der Waals surface area contributed by atoms with Crippen molar-refractivity contribution in [3.05, 3.63) is 82.9 Å². The first-order chi connectivity index (χ1) is 16.4. The molecule has 0 unspecified atom stereocenters. The van der Waals surface area contributed by atoms with Crippen molar-refractivity contribution < 1.29 is 28.6 Å². The summed E-state index contributed by atoms with van der Waals surface area (Å²) in [6.07, 6.45) is 0. The SMILES string of the molecule is COc1cc(C(=O)N(CN2C(=O)c3ccccc3C2=O)c2ccc(C)cc2)cc(OC)c1OC. The summed E-state index contributed by atoms with van der Waals surface area (Å²) in [6.45, 7) is 1.67. The van der Waals surface area contributed by atoms with E-state index in [1.54, 1.807) is 36.4 Å². The van der Waals surface area contributed by atoms with Crippen molar-refractivity contribution >= 4 is 23.4 Å². The standard InChI is InChI=1S/C26H24N2O6/c1-16-9-11-18(12-10-16)27(15-28-25(30)19-7-5-6-8-20(19)26(28)31)24(29)17-13-21(32-2)23(34-4)22(14-17)33-3/h5-14H,15H2,1-4H3. The van der Waals surface area contributed by atoms with E-state index in [1.807, 2.05) is 19.1 Å². The maximum Gasteiger partial charge on any atom is 0.263 e. The van der Waals surface area contributed by atoms with Gasteiger partial charge >= 0.3 is 0 Å². The van der Waals surface area contributed by atoms with E-state index < -0.39 is 17.7 Å². The summed E-state index contributed by atoms with van der Waals surface area (Å²) in [5.41, 5.74) is 2.41. The minimum Gasteiger partial charge on any atom is -0.493 e. The normalized spacial score (nSPS) is 12.4. The zero-order chi connectivity index (χ0) is 24.4. The first-order valence-electron chi connectivity index (χ1n) is 10.5. The number of anilines is 1. The number of aryl methyl sites for hydroxylation is 1. The van der Waals surface area contributed by atoms with Crippen LogP contribution < -0.4 is 19.1 Å². The van der Waals surface area contributed by atoms with E-state index in [-0.39, 0.29) is 12.2 Å². The molecule has 0 fully saturated rings. The van der Waals surface area contributed by atoms with Crippen molar-refractivity contribution in [2.24, 2.45) is 0 Å². The quantitative estimate of drug-likeness (QED) is 0.497. The number of fused-ring (bicyclic) bond motifs is 1. The largest absolute Gasteiger partial charge is 0.493 e. The Morgan fingerprint density at radius 2 is 1.35 bits per heavy atom. The van der Waals surface area contributed by atoms with Gasteiger partial charge in [0, 0.05) is 11.3 Å². The van der Waals surface area contributed by atoms with Crippen molar-refractivity contribution in [2.45, 2.75) is 6.92 Å². The average molecular weight is 460 g/mol. The molecule has 0 saturated carbocycles. The van der Waals surface area contributed by atoms with E-state index in [2.05, 4.69) is 0 Å². The van der Waals surface area contributed by atoms with Crippen LogP contribution in [0.2, 0.25) is 0 Å². The van der Waals surface area contributed by atoms with Gasteiger partial charge in [0.1, 0.15) is 6.67 Å². The number of rotatable bonds is 7. The second-order valence-corrected chi connectivity index (χ2v) is 7.71. The lowest BCUT2D eigenvalue weighted by Crippen LogP contribution is -2.44. The third kappa shape index (κ3) is 3.94. The fraction of sp³-hybridized carbons (Fsp3) is 0.192. The molecule has 0 spiro atoms. The van der Waals surface area contributed by atoms with E-state index in [1.165, 1.54) is 38.4 Å². The van der Waals surface area contributed by atoms with Crippen molar-refractivity contribution in [3.63, 3.8) is 0 Å². The molecule has 8 nitrogen and oxygen atoms in total. The molecule has 0 bridgehead atoms. The number of hydrogen-bond acceptors (Lipinski definition) is 6. The Morgan fingerprint density at radius 3 is 1.82 bits per heavy atom. The van der Waals surface area contributed by atoms with E-state index in [4.69, 9.17) is 14.2 Å². The molecule has 3 aromatic rings. The molecule has 1 heterocycles. The summed E-state index contributed by atoms with van der Waals surface area (Å²) in [4.78, 5) is 42.2. The summed E-state index contributed by atoms with van der Waals surface area (Å²) >= 11 is 0. The van der Waals surface area contributed by atoms with Crippen LogP contribution in [0.1, 0.15) is 36.6 Å².